The summed E-state index contributed by atoms with van der Waals surface area (Å²) in [5.41, 5.74) is 1.27. The molecule has 3 aromatic rings. The molecule has 0 unspecified atom stereocenters. The maximum atomic E-state index is 13.5. The van der Waals surface area contributed by atoms with E-state index in [1.54, 1.807) is 7.11 Å². The van der Waals surface area contributed by atoms with Gasteiger partial charge in [-0.3, -0.25) is 14.5 Å². The molecule has 0 amide bonds. The van der Waals surface area contributed by atoms with Gasteiger partial charge in [0.2, 0.25) is 0 Å². The van der Waals surface area contributed by atoms with Crippen molar-refractivity contribution in [1.29, 1.82) is 0 Å². The van der Waals surface area contributed by atoms with Crippen LogP contribution in [0.5, 0.6) is 5.75 Å². The summed E-state index contributed by atoms with van der Waals surface area (Å²) in [4.78, 5) is 29.1. The van der Waals surface area contributed by atoms with Crippen LogP contribution in [0.2, 0.25) is 0 Å². The van der Waals surface area contributed by atoms with Crippen molar-refractivity contribution in [2.45, 2.75) is 25.0 Å². The molecule has 4 rings (SSSR count). The van der Waals surface area contributed by atoms with Gasteiger partial charge in [-0.1, -0.05) is 91.0 Å². The van der Waals surface area contributed by atoms with Crippen LogP contribution in [-0.4, -0.2) is 44.2 Å². The van der Waals surface area contributed by atoms with E-state index in [1.807, 2.05) is 97.1 Å². The maximum Gasteiger partial charge on any atom is 0.325 e. The SMILES string of the molecule is COC(=O)C1(C(=O)OC)C[C@H](/C=C/c2ccccc2)N(Cc2ccccc2OC)[C@@H]1c1ccccc1. The van der Waals surface area contributed by atoms with Crippen molar-refractivity contribution in [3.8, 4) is 5.75 Å². The van der Waals surface area contributed by atoms with Crippen molar-refractivity contribution >= 4 is 18.0 Å². The normalized spacial score (nSPS) is 19.2. The molecule has 3 aromatic carbocycles. The van der Waals surface area contributed by atoms with Crippen LogP contribution < -0.4 is 4.74 Å². The minimum Gasteiger partial charge on any atom is -0.496 e. The molecule has 1 heterocycles. The summed E-state index contributed by atoms with van der Waals surface area (Å²) in [6.45, 7) is 0.448. The summed E-state index contributed by atoms with van der Waals surface area (Å²) in [6, 6.07) is 26.4. The second kappa shape index (κ2) is 11.2. The van der Waals surface area contributed by atoms with Crippen LogP contribution >= 0.6 is 0 Å². The van der Waals surface area contributed by atoms with Crippen molar-refractivity contribution in [2.24, 2.45) is 5.41 Å². The average Bonchev–Trinajstić information content (AvgIpc) is 3.27. The number of esters is 2. The molecule has 0 aromatic heterocycles. The topological polar surface area (TPSA) is 65.1 Å². The molecule has 0 saturated carbocycles. The molecule has 1 saturated heterocycles. The molecule has 1 aliphatic rings. The van der Waals surface area contributed by atoms with E-state index >= 15 is 0 Å². The molecule has 186 valence electrons. The lowest BCUT2D eigenvalue weighted by atomic mass is 9.76. The number of benzene rings is 3. The predicted octanol–water partition coefficient (Wildman–Crippen LogP) is 5.06. The standard InChI is InChI=1S/C30H31NO5/c1-34-26-17-11-10-16-24(26)21-31-25(19-18-22-12-6-4-7-13-22)20-30(28(32)35-2,29(33)36-3)27(31)23-14-8-5-9-15-23/h4-19,25,27H,20-21H2,1-3H3/b19-18+/t25-,27+/m0/s1. The smallest absolute Gasteiger partial charge is 0.325 e. The second-order valence-electron chi connectivity index (χ2n) is 8.79. The lowest BCUT2D eigenvalue weighted by molar-refractivity contribution is -0.171. The molecule has 6 heteroatoms. The maximum absolute atomic E-state index is 13.5. The minimum absolute atomic E-state index is 0.213. The highest BCUT2D eigenvalue weighted by Crippen LogP contribution is 2.53. The Kier molecular flexibility index (Phi) is 7.86. The highest BCUT2D eigenvalue weighted by molar-refractivity contribution is 6.01. The summed E-state index contributed by atoms with van der Waals surface area (Å²) in [7, 11) is 4.26. The molecule has 0 radical (unpaired) electrons. The van der Waals surface area contributed by atoms with Crippen LogP contribution in [0.1, 0.15) is 29.2 Å². The number of ether oxygens (including phenoxy) is 3. The Morgan fingerprint density at radius 1 is 0.861 bits per heavy atom. The van der Waals surface area contributed by atoms with E-state index in [-0.39, 0.29) is 12.5 Å². The first kappa shape index (κ1) is 25.2. The number of nitrogens with zero attached hydrogens (tertiary/aromatic N) is 1. The number of likely N-dealkylation sites (tertiary alicyclic amines) is 1. The van der Waals surface area contributed by atoms with Gasteiger partial charge in [-0.25, -0.2) is 0 Å². The fourth-order valence-electron chi connectivity index (χ4n) is 5.19. The third-order valence-corrected chi connectivity index (χ3v) is 6.83. The molecule has 0 spiro atoms. The summed E-state index contributed by atoms with van der Waals surface area (Å²) in [5.74, 6) is -0.476. The summed E-state index contributed by atoms with van der Waals surface area (Å²) < 4.78 is 16.1. The van der Waals surface area contributed by atoms with Gasteiger partial charge in [0.1, 0.15) is 5.75 Å². The first-order valence-corrected chi connectivity index (χ1v) is 11.9. The van der Waals surface area contributed by atoms with Gasteiger partial charge in [-0.05, 0) is 23.6 Å². The molecule has 1 aliphatic heterocycles. The first-order valence-electron chi connectivity index (χ1n) is 11.9. The zero-order valence-electron chi connectivity index (χ0n) is 20.8. The zero-order valence-corrected chi connectivity index (χ0v) is 20.8. The van der Waals surface area contributed by atoms with Crippen molar-refractivity contribution in [1.82, 2.24) is 4.90 Å². The summed E-state index contributed by atoms with van der Waals surface area (Å²) in [6.07, 6.45) is 4.28. The molecule has 36 heavy (non-hydrogen) atoms. The Bertz CT molecular complexity index is 1190. The van der Waals surface area contributed by atoms with E-state index in [9.17, 15) is 9.59 Å². The van der Waals surface area contributed by atoms with E-state index in [4.69, 9.17) is 14.2 Å². The van der Waals surface area contributed by atoms with Crippen molar-refractivity contribution in [2.75, 3.05) is 21.3 Å². The monoisotopic (exact) mass is 485 g/mol. The molecule has 2 atom stereocenters. The third-order valence-electron chi connectivity index (χ3n) is 6.83. The molecular formula is C30H31NO5. The van der Waals surface area contributed by atoms with E-state index in [2.05, 4.69) is 4.90 Å². The van der Waals surface area contributed by atoms with Gasteiger partial charge >= 0.3 is 11.9 Å². The van der Waals surface area contributed by atoms with Crippen LogP contribution in [-0.2, 0) is 25.6 Å². The van der Waals surface area contributed by atoms with Gasteiger partial charge in [0.25, 0.3) is 0 Å². The Hall–Kier alpha value is -3.90. The Balaban J connectivity index is 1.89. The van der Waals surface area contributed by atoms with Crippen molar-refractivity contribution < 1.29 is 23.8 Å². The van der Waals surface area contributed by atoms with Crippen LogP contribution in [0, 0.1) is 5.41 Å². The van der Waals surface area contributed by atoms with E-state index < -0.39 is 23.4 Å². The highest BCUT2D eigenvalue weighted by Gasteiger charge is 2.63. The van der Waals surface area contributed by atoms with Gasteiger partial charge < -0.3 is 14.2 Å². The van der Waals surface area contributed by atoms with Gasteiger partial charge in [-0.15, -0.1) is 0 Å². The molecular weight excluding hydrogens is 454 g/mol. The minimum atomic E-state index is -1.54. The summed E-state index contributed by atoms with van der Waals surface area (Å²) in [5, 5.41) is 0. The number of methoxy groups -OCH3 is 3. The van der Waals surface area contributed by atoms with Crippen LogP contribution in [0.4, 0.5) is 0 Å². The number of hydrogen-bond donors (Lipinski definition) is 0. The zero-order chi connectivity index (χ0) is 25.5. The van der Waals surface area contributed by atoms with Crippen LogP contribution in [0.25, 0.3) is 6.08 Å². The van der Waals surface area contributed by atoms with Crippen molar-refractivity contribution in [3.05, 3.63) is 108 Å². The Morgan fingerprint density at radius 2 is 1.44 bits per heavy atom. The van der Waals surface area contributed by atoms with Crippen LogP contribution in [0.3, 0.4) is 0 Å². The number of para-hydroxylation sites is 1. The Labute approximate surface area is 212 Å². The average molecular weight is 486 g/mol. The molecule has 1 fully saturated rings. The highest BCUT2D eigenvalue weighted by atomic mass is 16.5. The predicted molar refractivity (Wildman–Crippen MR) is 138 cm³/mol. The van der Waals surface area contributed by atoms with Gasteiger partial charge in [0.05, 0.1) is 27.4 Å². The first-order chi connectivity index (χ1) is 17.5. The lowest BCUT2D eigenvalue weighted by Crippen LogP contribution is -2.45. The van der Waals surface area contributed by atoms with E-state index in [0.717, 1.165) is 22.4 Å². The molecule has 0 bridgehead atoms. The molecule has 0 aliphatic carbocycles. The molecule has 0 N–H and O–H groups in total. The summed E-state index contributed by atoms with van der Waals surface area (Å²) >= 11 is 0. The largest absolute Gasteiger partial charge is 0.496 e. The number of rotatable bonds is 8. The third kappa shape index (κ3) is 4.77. The van der Waals surface area contributed by atoms with Crippen molar-refractivity contribution in [3.63, 3.8) is 0 Å². The number of carbonyl (C=O) groups is 2. The molecule has 6 nitrogen and oxygen atoms in total. The van der Waals surface area contributed by atoms with E-state index in [0.29, 0.717) is 6.54 Å². The number of hydrogen-bond acceptors (Lipinski definition) is 6. The fraction of sp³-hybridized carbons (Fsp3) is 0.267. The van der Waals surface area contributed by atoms with Gasteiger partial charge in [0, 0.05) is 18.2 Å². The van der Waals surface area contributed by atoms with E-state index in [1.165, 1.54) is 14.2 Å². The van der Waals surface area contributed by atoms with Crippen LogP contribution in [0.15, 0.2) is 91.0 Å². The Morgan fingerprint density at radius 3 is 2.06 bits per heavy atom. The number of carbonyl (C=O) groups excluding carboxylic acids is 2. The fourth-order valence-corrected chi connectivity index (χ4v) is 5.19. The second-order valence-corrected chi connectivity index (χ2v) is 8.79. The quantitative estimate of drug-likeness (QED) is 0.328. The van der Waals surface area contributed by atoms with Gasteiger partial charge in [0.15, 0.2) is 5.41 Å². The van der Waals surface area contributed by atoms with Gasteiger partial charge in [-0.2, -0.15) is 0 Å². The lowest BCUT2D eigenvalue weighted by Gasteiger charge is -2.35.